The van der Waals surface area contributed by atoms with Crippen LogP contribution in [0.25, 0.3) is 10.9 Å². The Kier molecular flexibility index (Phi) is 6.11. The number of benzene rings is 2. The fraction of sp³-hybridized carbons (Fsp3) is 0.261. The highest BCUT2D eigenvalue weighted by Gasteiger charge is 2.33. The molecule has 1 aromatic heterocycles. The van der Waals surface area contributed by atoms with Crippen molar-refractivity contribution in [1.82, 2.24) is 15.3 Å². The molecule has 1 aliphatic heterocycles. The number of H-pyrrole nitrogens is 1. The van der Waals surface area contributed by atoms with Gasteiger partial charge < -0.3 is 10.1 Å². The third-order valence-corrected chi connectivity index (χ3v) is 6.19. The molecule has 2 heterocycles. The molecule has 31 heavy (non-hydrogen) atoms. The highest BCUT2D eigenvalue weighted by Crippen LogP contribution is 2.23. The van der Waals surface area contributed by atoms with E-state index in [-0.39, 0.29) is 5.91 Å². The number of para-hydroxylation sites is 1. The van der Waals surface area contributed by atoms with Crippen molar-refractivity contribution < 1.29 is 14.7 Å². The monoisotopic (exact) mass is 436 g/mol. The van der Waals surface area contributed by atoms with Gasteiger partial charge in [0, 0.05) is 41.8 Å². The molecule has 0 radical (unpaired) electrons. The van der Waals surface area contributed by atoms with E-state index in [9.17, 15) is 14.7 Å². The van der Waals surface area contributed by atoms with Gasteiger partial charge in [-0.1, -0.05) is 30.3 Å². The van der Waals surface area contributed by atoms with E-state index >= 15 is 0 Å². The molecule has 0 spiro atoms. The number of nitrogens with one attached hydrogen (secondary N) is 2. The molecule has 0 aliphatic carbocycles. The number of carbonyl (C=O) groups excluding carboxylic acids is 1. The third kappa shape index (κ3) is 4.50. The Hall–Kier alpha value is -3.10. The summed E-state index contributed by atoms with van der Waals surface area (Å²) in [5, 5.41) is 19.8. The molecular formula is C23H24N4O3S. The Morgan fingerprint density at radius 2 is 2.00 bits per heavy atom. The van der Waals surface area contributed by atoms with Crippen LogP contribution >= 0.6 is 11.8 Å². The van der Waals surface area contributed by atoms with Gasteiger partial charge in [0.15, 0.2) is 0 Å². The van der Waals surface area contributed by atoms with Gasteiger partial charge in [-0.15, -0.1) is 11.8 Å². The first kappa shape index (κ1) is 21.1. The summed E-state index contributed by atoms with van der Waals surface area (Å²) in [4.78, 5) is 28.6. The SMILES string of the molecule is CSc1ccc(C2=NN(C(C)=O)[C@H](N[C@H](Cc3c[nH]c4ccccc34)C(=O)O)C2)cc1. The summed E-state index contributed by atoms with van der Waals surface area (Å²) >= 11 is 1.66. The first-order chi connectivity index (χ1) is 15.0. The summed E-state index contributed by atoms with van der Waals surface area (Å²) in [6, 6.07) is 14.9. The Balaban J connectivity index is 1.53. The average molecular weight is 437 g/mol. The number of fused-ring (bicyclic) bond motifs is 1. The van der Waals surface area contributed by atoms with Crippen molar-refractivity contribution in [2.75, 3.05) is 6.26 Å². The molecule has 4 rings (SSSR count). The maximum Gasteiger partial charge on any atom is 0.321 e. The van der Waals surface area contributed by atoms with Crippen molar-refractivity contribution >= 4 is 40.3 Å². The van der Waals surface area contributed by atoms with Gasteiger partial charge in [0.05, 0.1) is 5.71 Å². The minimum atomic E-state index is -0.966. The van der Waals surface area contributed by atoms with E-state index < -0.39 is 18.2 Å². The minimum absolute atomic E-state index is 0.232. The molecule has 1 amide bonds. The number of aliphatic carboxylic acids is 1. The Labute approximate surface area is 184 Å². The second kappa shape index (κ2) is 8.95. The van der Waals surface area contributed by atoms with Gasteiger partial charge in [0.2, 0.25) is 5.91 Å². The van der Waals surface area contributed by atoms with Crippen molar-refractivity contribution in [3.8, 4) is 0 Å². The second-order valence-corrected chi connectivity index (χ2v) is 8.36. The third-order valence-electron chi connectivity index (χ3n) is 5.45. The number of aromatic nitrogens is 1. The molecule has 2 aromatic carbocycles. The van der Waals surface area contributed by atoms with E-state index in [0.29, 0.717) is 12.8 Å². The summed E-state index contributed by atoms with van der Waals surface area (Å²) in [6.45, 7) is 1.44. The first-order valence-corrected chi connectivity index (χ1v) is 11.2. The molecule has 3 N–H and O–H groups in total. The van der Waals surface area contributed by atoms with Crippen molar-refractivity contribution in [3.63, 3.8) is 0 Å². The normalized spacial score (nSPS) is 17.0. The van der Waals surface area contributed by atoms with Gasteiger partial charge >= 0.3 is 5.97 Å². The summed E-state index contributed by atoms with van der Waals surface area (Å²) in [5.41, 5.74) is 3.57. The molecule has 2 atom stereocenters. The van der Waals surface area contributed by atoms with Gasteiger partial charge in [-0.25, -0.2) is 5.01 Å². The van der Waals surface area contributed by atoms with Crippen molar-refractivity contribution in [2.45, 2.75) is 36.9 Å². The van der Waals surface area contributed by atoms with Crippen LogP contribution in [0.1, 0.15) is 24.5 Å². The number of rotatable bonds is 7. The fourth-order valence-electron chi connectivity index (χ4n) is 3.86. The Bertz CT molecular complexity index is 1140. The molecule has 3 aromatic rings. The molecule has 7 nitrogen and oxygen atoms in total. The summed E-state index contributed by atoms with van der Waals surface area (Å²) in [7, 11) is 0. The molecule has 0 unspecified atom stereocenters. The van der Waals surface area contributed by atoms with Crippen LogP contribution in [0.4, 0.5) is 0 Å². The number of hydrazone groups is 1. The number of carboxylic acid groups (broad SMARTS) is 1. The van der Waals surface area contributed by atoms with Crippen LogP contribution in [-0.4, -0.2) is 51.2 Å². The van der Waals surface area contributed by atoms with E-state index in [1.165, 1.54) is 11.9 Å². The molecule has 0 saturated heterocycles. The Morgan fingerprint density at radius 1 is 1.26 bits per heavy atom. The van der Waals surface area contributed by atoms with Crippen LogP contribution < -0.4 is 5.32 Å². The van der Waals surface area contributed by atoms with Gasteiger partial charge in [0.25, 0.3) is 0 Å². The number of amides is 1. The van der Waals surface area contributed by atoms with Crippen molar-refractivity contribution in [1.29, 1.82) is 0 Å². The predicted molar refractivity (Wildman–Crippen MR) is 122 cm³/mol. The fourth-order valence-corrected chi connectivity index (χ4v) is 4.27. The van der Waals surface area contributed by atoms with Crippen LogP contribution in [0, 0.1) is 0 Å². The van der Waals surface area contributed by atoms with Crippen molar-refractivity contribution in [2.24, 2.45) is 5.10 Å². The van der Waals surface area contributed by atoms with Crippen LogP contribution in [0.15, 0.2) is 64.7 Å². The topological polar surface area (TPSA) is 97.8 Å². The Morgan fingerprint density at radius 3 is 2.68 bits per heavy atom. The van der Waals surface area contributed by atoms with Gasteiger partial charge in [-0.2, -0.15) is 5.10 Å². The number of thioether (sulfide) groups is 1. The molecule has 8 heteroatoms. The lowest BCUT2D eigenvalue weighted by Gasteiger charge is -2.25. The highest BCUT2D eigenvalue weighted by molar-refractivity contribution is 7.98. The summed E-state index contributed by atoms with van der Waals surface area (Å²) in [6.07, 6.45) is 4.07. The van der Waals surface area contributed by atoms with Gasteiger partial charge in [-0.05, 0) is 35.6 Å². The van der Waals surface area contributed by atoms with Crippen molar-refractivity contribution in [3.05, 3.63) is 65.9 Å². The lowest BCUT2D eigenvalue weighted by Crippen LogP contribution is -2.51. The zero-order chi connectivity index (χ0) is 22.0. The van der Waals surface area contributed by atoms with E-state index in [1.807, 2.05) is 61.0 Å². The highest BCUT2D eigenvalue weighted by atomic mass is 32.2. The van der Waals surface area contributed by atoms with E-state index in [4.69, 9.17) is 0 Å². The lowest BCUT2D eigenvalue weighted by atomic mass is 10.0. The number of hydrogen-bond acceptors (Lipinski definition) is 5. The molecule has 0 fully saturated rings. The van der Waals surface area contributed by atoms with E-state index in [0.717, 1.165) is 32.6 Å². The molecule has 0 bridgehead atoms. The molecule has 1 aliphatic rings. The number of nitrogens with zero attached hydrogens (tertiary/aromatic N) is 2. The van der Waals surface area contributed by atoms with Crippen LogP contribution in [0.5, 0.6) is 0 Å². The molecule has 0 saturated carbocycles. The molecular weight excluding hydrogens is 412 g/mol. The van der Waals surface area contributed by atoms with Crippen LogP contribution in [0.2, 0.25) is 0 Å². The number of hydrogen-bond donors (Lipinski definition) is 3. The van der Waals surface area contributed by atoms with Gasteiger partial charge in [-0.3, -0.25) is 14.9 Å². The zero-order valence-electron chi connectivity index (χ0n) is 17.3. The average Bonchev–Trinajstić information content (AvgIpc) is 3.38. The van der Waals surface area contributed by atoms with E-state index in [1.54, 1.807) is 11.8 Å². The quantitative estimate of drug-likeness (QED) is 0.493. The zero-order valence-corrected chi connectivity index (χ0v) is 18.1. The molecule has 160 valence electrons. The second-order valence-electron chi connectivity index (χ2n) is 7.48. The standard InChI is InChI=1S/C23H24N4O3S/c1-14(28)27-22(12-20(26-27)15-7-9-17(31-2)10-8-15)25-21(23(29)30)11-16-13-24-19-6-4-3-5-18(16)19/h3-10,13,21-22,24-25H,11-12H2,1-2H3,(H,29,30)/t21-,22+/m1/s1. The minimum Gasteiger partial charge on any atom is -0.480 e. The van der Waals surface area contributed by atoms with Crippen LogP contribution in [-0.2, 0) is 16.0 Å². The lowest BCUT2D eigenvalue weighted by molar-refractivity contribution is -0.141. The van der Waals surface area contributed by atoms with Crippen LogP contribution in [0.3, 0.4) is 0 Å². The largest absolute Gasteiger partial charge is 0.480 e. The maximum absolute atomic E-state index is 12.2. The number of carbonyl (C=O) groups is 2. The first-order valence-electron chi connectivity index (χ1n) is 10.0. The van der Waals surface area contributed by atoms with E-state index in [2.05, 4.69) is 15.4 Å². The summed E-state index contributed by atoms with van der Waals surface area (Å²) in [5.74, 6) is -1.20. The number of aromatic amines is 1. The predicted octanol–water partition coefficient (Wildman–Crippen LogP) is 3.46. The smallest absolute Gasteiger partial charge is 0.321 e. The maximum atomic E-state index is 12.2. The number of carboxylic acids is 1. The van der Waals surface area contributed by atoms with Gasteiger partial charge in [0.1, 0.15) is 12.2 Å². The summed E-state index contributed by atoms with van der Waals surface area (Å²) < 4.78 is 0.